The summed E-state index contributed by atoms with van der Waals surface area (Å²) >= 11 is 0. The molecule has 2 heterocycles. The number of hydrogen-bond acceptors (Lipinski definition) is 6. The Labute approximate surface area is 250 Å². The zero-order chi connectivity index (χ0) is 30.7. The molecule has 0 bridgehead atoms. The summed E-state index contributed by atoms with van der Waals surface area (Å²) in [5.74, 6) is -1.41. The summed E-state index contributed by atoms with van der Waals surface area (Å²) in [5.41, 5.74) is -0.866. The van der Waals surface area contributed by atoms with Crippen LogP contribution in [0.3, 0.4) is 0 Å². The zero-order valence-electron chi connectivity index (χ0n) is 26.3. The molecule has 10 nitrogen and oxygen atoms in total. The molecule has 42 heavy (non-hydrogen) atoms. The first-order valence-electron chi connectivity index (χ1n) is 16.2. The van der Waals surface area contributed by atoms with Gasteiger partial charge in [-0.15, -0.1) is 0 Å². The van der Waals surface area contributed by atoms with Gasteiger partial charge in [0, 0.05) is 13.1 Å². The minimum atomic E-state index is -0.931. The highest BCUT2D eigenvalue weighted by molar-refractivity contribution is 6.38. The fourth-order valence-corrected chi connectivity index (χ4v) is 7.19. The highest BCUT2D eigenvalue weighted by atomic mass is 16.6. The normalized spacial score (nSPS) is 30.7. The molecule has 1 unspecified atom stereocenters. The van der Waals surface area contributed by atoms with E-state index < -0.39 is 41.5 Å². The number of nitrogens with one attached hydrogen (secondary N) is 3. The third kappa shape index (κ3) is 8.25. The Morgan fingerprint density at radius 1 is 0.952 bits per heavy atom. The van der Waals surface area contributed by atoms with Crippen LogP contribution in [0.2, 0.25) is 0 Å². The van der Waals surface area contributed by atoms with Crippen LogP contribution < -0.4 is 16.0 Å². The lowest BCUT2D eigenvalue weighted by atomic mass is 9.55. The molecule has 0 aromatic heterocycles. The summed E-state index contributed by atoms with van der Waals surface area (Å²) < 4.78 is 5.47. The maximum Gasteiger partial charge on any atom is 0.408 e. The SMILES string of the molecule is CC(C)(C)OC(=O)N[C@H]1CCCCCCCCC[C@@H](C(=O)C(=O)NCC2CC2)NC(=O)[C@@H]2[C@@H]3C(CN2C1=O)CC3(C)C. The highest BCUT2D eigenvalue weighted by Gasteiger charge is 2.61. The number of rotatable bonds is 5. The van der Waals surface area contributed by atoms with Gasteiger partial charge in [-0.3, -0.25) is 19.2 Å². The lowest BCUT2D eigenvalue weighted by molar-refractivity contribution is -0.145. The molecule has 0 aromatic carbocycles. The summed E-state index contributed by atoms with van der Waals surface area (Å²) in [7, 11) is 0. The molecule has 0 spiro atoms. The van der Waals surface area contributed by atoms with Crippen LogP contribution in [0.25, 0.3) is 0 Å². The Morgan fingerprint density at radius 2 is 1.57 bits per heavy atom. The first-order chi connectivity index (χ1) is 19.8. The Hall–Kier alpha value is -2.65. The van der Waals surface area contributed by atoms with Crippen molar-refractivity contribution in [2.24, 2.45) is 23.2 Å². The van der Waals surface area contributed by atoms with E-state index in [1.807, 2.05) is 0 Å². The number of carbonyl (C=O) groups is 5. The van der Waals surface area contributed by atoms with Gasteiger partial charge in [0.2, 0.25) is 17.6 Å². The maximum atomic E-state index is 14.1. The van der Waals surface area contributed by atoms with E-state index in [9.17, 15) is 24.0 Å². The van der Waals surface area contributed by atoms with Crippen LogP contribution in [0.15, 0.2) is 0 Å². The Kier molecular flexibility index (Phi) is 10.2. The second kappa shape index (κ2) is 13.3. The second-order valence-electron chi connectivity index (χ2n) is 14.7. The van der Waals surface area contributed by atoms with Crippen molar-refractivity contribution in [3.63, 3.8) is 0 Å². The van der Waals surface area contributed by atoms with Crippen molar-refractivity contribution >= 4 is 29.6 Å². The minimum Gasteiger partial charge on any atom is -0.444 e. The van der Waals surface area contributed by atoms with Crippen molar-refractivity contribution in [2.45, 2.75) is 135 Å². The van der Waals surface area contributed by atoms with E-state index in [1.54, 1.807) is 25.7 Å². The standard InChI is InChI=1S/C32H52N4O6/c1-31(2,3)42-30(41)35-23-14-12-10-8-6-7-9-11-13-22(26(37)28(39)33-18-20-15-16-20)34-27(38)25-24-21(17-32(24,4)5)19-36(25)29(23)40/h20-25H,6-19H2,1-5H3,(H,33,39)(H,34,38)(H,35,41)/t21?,22-,23-,24-,25-/m0/s1. The fraction of sp³-hybridized carbons (Fsp3) is 0.844. The number of fused-ring (bicyclic) bond motifs is 3. The van der Waals surface area contributed by atoms with Gasteiger partial charge in [-0.05, 0) is 76.0 Å². The van der Waals surface area contributed by atoms with Gasteiger partial charge in [-0.25, -0.2) is 4.79 Å². The number of ether oxygens (including phenoxy) is 1. The smallest absolute Gasteiger partial charge is 0.408 e. The molecular formula is C32H52N4O6. The Balaban J connectivity index is 1.57. The van der Waals surface area contributed by atoms with Crippen LogP contribution in [0.1, 0.15) is 112 Å². The molecule has 4 aliphatic rings. The minimum absolute atomic E-state index is 0.0676. The topological polar surface area (TPSA) is 134 Å². The van der Waals surface area contributed by atoms with Gasteiger partial charge >= 0.3 is 6.09 Å². The fourth-order valence-electron chi connectivity index (χ4n) is 7.19. The molecule has 0 aromatic rings. The first kappa shape index (κ1) is 32.3. The number of carbonyl (C=O) groups excluding carboxylic acids is 5. The molecule has 2 aliphatic heterocycles. The molecule has 4 amide bonds. The Bertz CT molecular complexity index is 1030. The third-order valence-electron chi connectivity index (χ3n) is 9.44. The van der Waals surface area contributed by atoms with Gasteiger partial charge < -0.3 is 25.6 Å². The number of alkyl carbamates (subject to hydrolysis) is 1. The number of Topliss-reactive ketones (excluding diaryl/α,β-unsaturated/α-hetero) is 1. The number of nitrogens with zero attached hydrogens (tertiary/aromatic N) is 1. The predicted molar refractivity (Wildman–Crippen MR) is 158 cm³/mol. The number of hydrogen-bond donors (Lipinski definition) is 3. The van der Waals surface area contributed by atoms with E-state index in [-0.39, 0.29) is 29.1 Å². The molecular weight excluding hydrogens is 536 g/mol. The molecule has 2 aliphatic carbocycles. The maximum absolute atomic E-state index is 14.1. The van der Waals surface area contributed by atoms with E-state index in [0.29, 0.717) is 31.8 Å². The summed E-state index contributed by atoms with van der Waals surface area (Å²) in [5, 5.41) is 8.49. The van der Waals surface area contributed by atoms with Crippen molar-refractivity contribution < 1.29 is 28.7 Å². The van der Waals surface area contributed by atoms with E-state index in [4.69, 9.17) is 4.74 Å². The molecule has 236 valence electrons. The van der Waals surface area contributed by atoms with Gasteiger partial charge in [0.15, 0.2) is 0 Å². The average Bonchev–Trinajstić information content (AvgIpc) is 3.66. The van der Waals surface area contributed by atoms with E-state index >= 15 is 0 Å². The van der Waals surface area contributed by atoms with Crippen LogP contribution in [0.5, 0.6) is 0 Å². The van der Waals surface area contributed by atoms with Crippen LogP contribution in [0, 0.1) is 23.2 Å². The highest BCUT2D eigenvalue weighted by Crippen LogP contribution is 2.57. The van der Waals surface area contributed by atoms with E-state index in [2.05, 4.69) is 29.8 Å². The largest absolute Gasteiger partial charge is 0.444 e. The molecule has 0 radical (unpaired) electrons. The van der Waals surface area contributed by atoms with Gasteiger partial charge in [-0.2, -0.15) is 0 Å². The van der Waals surface area contributed by atoms with Crippen molar-refractivity contribution in [3.05, 3.63) is 0 Å². The third-order valence-corrected chi connectivity index (χ3v) is 9.44. The molecule has 3 N–H and O–H groups in total. The molecule has 4 rings (SSSR count). The lowest BCUT2D eigenvalue weighted by Crippen LogP contribution is -2.59. The monoisotopic (exact) mass is 588 g/mol. The summed E-state index contributed by atoms with van der Waals surface area (Å²) in [6.07, 6.45) is 9.61. The van der Waals surface area contributed by atoms with E-state index in [1.165, 1.54) is 0 Å². The van der Waals surface area contributed by atoms with Gasteiger partial charge in [0.05, 0.1) is 6.04 Å². The quantitative estimate of drug-likeness (QED) is 0.418. The van der Waals surface area contributed by atoms with Gasteiger partial charge in [-0.1, -0.05) is 58.8 Å². The molecule has 4 fully saturated rings. The number of amides is 4. The summed E-state index contributed by atoms with van der Waals surface area (Å²) in [6, 6.07) is -2.51. The van der Waals surface area contributed by atoms with Crippen molar-refractivity contribution in [3.8, 4) is 0 Å². The molecule has 10 heteroatoms. The average molecular weight is 589 g/mol. The number of ketones is 1. The molecule has 2 saturated carbocycles. The Morgan fingerprint density at radius 3 is 2.17 bits per heavy atom. The summed E-state index contributed by atoms with van der Waals surface area (Å²) in [4.78, 5) is 68.6. The lowest BCUT2D eigenvalue weighted by Gasteiger charge is -2.49. The second-order valence-corrected chi connectivity index (χ2v) is 14.7. The van der Waals surface area contributed by atoms with Crippen molar-refractivity contribution in [2.75, 3.05) is 13.1 Å². The van der Waals surface area contributed by atoms with E-state index in [0.717, 1.165) is 64.2 Å². The van der Waals surface area contributed by atoms with Crippen molar-refractivity contribution in [1.82, 2.24) is 20.9 Å². The molecule has 5 atom stereocenters. The van der Waals surface area contributed by atoms with Crippen molar-refractivity contribution in [1.29, 1.82) is 0 Å². The van der Waals surface area contributed by atoms with Gasteiger partial charge in [0.1, 0.15) is 17.7 Å². The zero-order valence-corrected chi connectivity index (χ0v) is 26.3. The molecule has 2 saturated heterocycles. The van der Waals surface area contributed by atoms with Crippen LogP contribution in [0.4, 0.5) is 4.79 Å². The first-order valence-corrected chi connectivity index (χ1v) is 16.2. The van der Waals surface area contributed by atoms with Crippen LogP contribution >= 0.6 is 0 Å². The van der Waals surface area contributed by atoms with Crippen LogP contribution in [-0.4, -0.2) is 71.3 Å². The van der Waals surface area contributed by atoms with Gasteiger partial charge in [0.25, 0.3) is 5.91 Å². The summed E-state index contributed by atoms with van der Waals surface area (Å²) in [6.45, 7) is 10.5. The predicted octanol–water partition coefficient (Wildman–Crippen LogP) is 3.86. The van der Waals surface area contributed by atoms with Crippen LogP contribution in [-0.2, 0) is 23.9 Å².